The van der Waals surface area contributed by atoms with Gasteiger partial charge in [0.15, 0.2) is 30.9 Å². The third-order valence-electron chi connectivity index (χ3n) is 5.71. The first-order valence-corrected chi connectivity index (χ1v) is 9.31. The van der Waals surface area contributed by atoms with E-state index in [1.807, 2.05) is 24.3 Å². The third kappa shape index (κ3) is 3.80. The molecule has 0 saturated heterocycles. The quantitative estimate of drug-likeness (QED) is 0.599. The molecule has 152 valence electrons. The Labute approximate surface area is 166 Å². The van der Waals surface area contributed by atoms with Crippen LogP contribution < -0.4 is 14.2 Å². The number of rotatable bonds is 9. The van der Waals surface area contributed by atoms with Crippen LogP contribution >= 0.6 is 0 Å². The molecule has 1 unspecified atom stereocenters. The minimum atomic E-state index is 0.0355. The molecule has 0 heterocycles. The van der Waals surface area contributed by atoms with Crippen LogP contribution in [0.5, 0.6) is 17.2 Å². The molecule has 6 nitrogen and oxygen atoms in total. The van der Waals surface area contributed by atoms with Gasteiger partial charge < -0.3 is 23.7 Å². The van der Waals surface area contributed by atoms with Crippen LogP contribution in [0.3, 0.4) is 0 Å². The van der Waals surface area contributed by atoms with E-state index < -0.39 is 0 Å². The fraction of sp³-hybridized carbons (Fsp3) is 0.500. The number of carbonyl (C=O) groups excluding carboxylic acids is 1. The molecule has 3 aliphatic rings. The van der Waals surface area contributed by atoms with Crippen molar-refractivity contribution in [2.24, 2.45) is 17.3 Å². The van der Waals surface area contributed by atoms with Crippen LogP contribution in [0.25, 0.3) is 6.08 Å². The van der Waals surface area contributed by atoms with Crippen LogP contribution in [-0.2, 0) is 14.3 Å². The lowest BCUT2D eigenvalue weighted by molar-refractivity contribution is -0.133. The van der Waals surface area contributed by atoms with Crippen molar-refractivity contribution in [3.63, 3.8) is 0 Å². The molecule has 1 aromatic rings. The summed E-state index contributed by atoms with van der Waals surface area (Å²) in [5, 5.41) is 0. The number of hydrogen-bond acceptors (Lipinski definition) is 6. The number of ketones is 1. The molecule has 0 aromatic heterocycles. The van der Waals surface area contributed by atoms with Gasteiger partial charge in [-0.3, -0.25) is 4.79 Å². The Morgan fingerprint density at radius 2 is 1.68 bits per heavy atom. The van der Waals surface area contributed by atoms with Crippen molar-refractivity contribution in [3.8, 4) is 17.2 Å². The average molecular weight is 388 g/mol. The Bertz CT molecular complexity index is 792. The fourth-order valence-corrected chi connectivity index (χ4v) is 4.03. The highest BCUT2D eigenvalue weighted by atomic mass is 16.7. The van der Waals surface area contributed by atoms with E-state index in [1.54, 1.807) is 27.4 Å². The Morgan fingerprint density at radius 3 is 2.29 bits per heavy atom. The van der Waals surface area contributed by atoms with Gasteiger partial charge in [0.05, 0.1) is 7.11 Å². The molecule has 0 spiro atoms. The lowest BCUT2D eigenvalue weighted by Crippen LogP contribution is -2.52. The maximum absolute atomic E-state index is 12.3. The Balaban J connectivity index is 1.89. The molecule has 0 amide bonds. The summed E-state index contributed by atoms with van der Waals surface area (Å²) in [7, 11) is 4.67. The minimum Gasteiger partial charge on any atom is -0.493 e. The number of fused-ring (bicyclic) bond motifs is 1. The first kappa shape index (κ1) is 20.4. The van der Waals surface area contributed by atoms with Gasteiger partial charge in [-0.25, -0.2) is 0 Å². The van der Waals surface area contributed by atoms with Crippen molar-refractivity contribution in [2.45, 2.75) is 20.3 Å². The van der Waals surface area contributed by atoms with Gasteiger partial charge >= 0.3 is 0 Å². The zero-order chi connectivity index (χ0) is 20.3. The second-order valence-electron chi connectivity index (χ2n) is 7.69. The third-order valence-corrected chi connectivity index (χ3v) is 5.71. The maximum atomic E-state index is 12.3. The van der Waals surface area contributed by atoms with Gasteiger partial charge in [0.25, 0.3) is 0 Å². The van der Waals surface area contributed by atoms with Crippen molar-refractivity contribution >= 4 is 11.9 Å². The monoisotopic (exact) mass is 388 g/mol. The Hall–Kier alpha value is -2.31. The highest BCUT2D eigenvalue weighted by molar-refractivity contribution is 5.96. The molecule has 1 saturated carbocycles. The molecule has 6 heteroatoms. The number of hydrogen-bond donors (Lipinski definition) is 0. The van der Waals surface area contributed by atoms with Gasteiger partial charge in [-0.1, -0.05) is 26.0 Å². The van der Waals surface area contributed by atoms with Gasteiger partial charge in [-0.05, 0) is 47.1 Å². The van der Waals surface area contributed by atoms with E-state index in [9.17, 15) is 4.79 Å². The van der Waals surface area contributed by atoms with Gasteiger partial charge in [0, 0.05) is 20.1 Å². The van der Waals surface area contributed by atoms with Crippen LogP contribution in [0.4, 0.5) is 0 Å². The molecule has 0 aliphatic heterocycles. The van der Waals surface area contributed by atoms with E-state index in [0.29, 0.717) is 23.2 Å². The lowest BCUT2D eigenvalue weighted by atomic mass is 9.48. The average Bonchev–Trinajstić information content (AvgIpc) is 2.68. The number of methoxy groups -OCH3 is 3. The molecule has 1 fully saturated rings. The SMILES string of the molecule is COCOc1cc(C=CC2=CC(=O)[C@H]3CC2C3(C)C)cc(OC)c1OCOC. The standard InChI is InChI=1S/C22H28O6/c1-22(2)16-11-17(22)18(23)10-15(16)7-6-14-8-19(26-5)21(28-13-25-4)20(9-14)27-12-24-3/h6-10,16-17H,11-13H2,1-5H3/t16?,17-/m1/s1. The largest absolute Gasteiger partial charge is 0.493 e. The maximum Gasteiger partial charge on any atom is 0.206 e. The van der Waals surface area contributed by atoms with Crippen LogP contribution in [0.1, 0.15) is 25.8 Å². The van der Waals surface area contributed by atoms with E-state index >= 15 is 0 Å². The highest BCUT2D eigenvalue weighted by Gasteiger charge is 2.54. The molecular weight excluding hydrogens is 360 g/mol. The lowest BCUT2D eigenvalue weighted by Gasteiger charge is -2.54. The summed E-state index contributed by atoms with van der Waals surface area (Å²) in [5.74, 6) is 2.30. The number of carbonyl (C=O) groups is 1. The van der Waals surface area contributed by atoms with Crippen LogP contribution in [0, 0.1) is 17.3 Å². The first-order valence-electron chi connectivity index (χ1n) is 9.31. The smallest absolute Gasteiger partial charge is 0.206 e. The molecule has 28 heavy (non-hydrogen) atoms. The molecular formula is C22H28O6. The first-order chi connectivity index (χ1) is 13.4. The fourth-order valence-electron chi connectivity index (χ4n) is 4.03. The minimum absolute atomic E-state index is 0.0355. The second-order valence-corrected chi connectivity index (χ2v) is 7.69. The van der Waals surface area contributed by atoms with Gasteiger partial charge in [-0.15, -0.1) is 0 Å². The predicted octanol–water partition coefficient (Wildman–Crippen LogP) is 3.85. The zero-order valence-electron chi connectivity index (χ0n) is 17.1. The number of ether oxygens (including phenoxy) is 5. The molecule has 4 rings (SSSR count). The van der Waals surface area contributed by atoms with E-state index in [0.717, 1.165) is 17.6 Å². The van der Waals surface area contributed by atoms with Crippen molar-refractivity contribution in [2.75, 3.05) is 34.9 Å². The Kier molecular flexibility index (Phi) is 6.10. The van der Waals surface area contributed by atoms with Gasteiger partial charge in [0.1, 0.15) is 0 Å². The molecule has 2 atom stereocenters. The summed E-state index contributed by atoms with van der Waals surface area (Å²) >= 11 is 0. The van der Waals surface area contributed by atoms with Crippen molar-refractivity contribution in [1.29, 1.82) is 0 Å². The molecule has 1 aromatic carbocycles. The summed E-state index contributed by atoms with van der Waals surface area (Å²) < 4.78 is 26.7. The van der Waals surface area contributed by atoms with Crippen molar-refractivity contribution in [3.05, 3.63) is 35.4 Å². The van der Waals surface area contributed by atoms with E-state index in [-0.39, 0.29) is 30.7 Å². The molecule has 0 N–H and O–H groups in total. The summed E-state index contributed by atoms with van der Waals surface area (Å²) in [4.78, 5) is 12.3. The summed E-state index contributed by atoms with van der Waals surface area (Å²) in [5.41, 5.74) is 1.99. The van der Waals surface area contributed by atoms with Gasteiger partial charge in [0.2, 0.25) is 5.75 Å². The topological polar surface area (TPSA) is 63.2 Å². The van der Waals surface area contributed by atoms with Crippen LogP contribution in [0.2, 0.25) is 0 Å². The van der Waals surface area contributed by atoms with E-state index in [2.05, 4.69) is 13.8 Å². The van der Waals surface area contributed by atoms with Gasteiger partial charge in [-0.2, -0.15) is 0 Å². The van der Waals surface area contributed by atoms with E-state index in [4.69, 9.17) is 23.7 Å². The van der Waals surface area contributed by atoms with Crippen molar-refractivity contribution < 1.29 is 28.5 Å². The highest BCUT2D eigenvalue weighted by Crippen LogP contribution is 2.58. The normalized spacial score (nSPS) is 22.6. The summed E-state index contributed by atoms with van der Waals surface area (Å²) in [6.45, 7) is 4.50. The van der Waals surface area contributed by atoms with E-state index in [1.165, 1.54) is 0 Å². The summed E-state index contributed by atoms with van der Waals surface area (Å²) in [6.07, 6.45) is 6.72. The number of benzene rings is 1. The Morgan fingerprint density at radius 1 is 1.00 bits per heavy atom. The zero-order valence-corrected chi connectivity index (χ0v) is 17.1. The summed E-state index contributed by atoms with van der Waals surface area (Å²) in [6, 6.07) is 3.71. The molecule has 3 aliphatic carbocycles. The predicted molar refractivity (Wildman–Crippen MR) is 106 cm³/mol. The van der Waals surface area contributed by atoms with Crippen LogP contribution in [-0.4, -0.2) is 40.7 Å². The molecule has 2 bridgehead atoms. The van der Waals surface area contributed by atoms with Crippen LogP contribution in [0.15, 0.2) is 29.9 Å². The van der Waals surface area contributed by atoms with Crippen molar-refractivity contribution in [1.82, 2.24) is 0 Å². The number of allylic oxidation sites excluding steroid dienone is 3. The molecule has 0 radical (unpaired) electrons. The second kappa shape index (κ2) is 8.37.